The Kier molecular flexibility index (Phi) is 3.51. The summed E-state index contributed by atoms with van der Waals surface area (Å²) in [4.78, 5) is 24.1. The van der Waals surface area contributed by atoms with Crippen molar-refractivity contribution in [3.8, 4) is 0 Å². The highest BCUT2D eigenvalue weighted by atomic mass is 16.5. The predicted octanol–water partition coefficient (Wildman–Crippen LogP) is 2.68. The van der Waals surface area contributed by atoms with Crippen LogP contribution in [-0.2, 0) is 9.53 Å². The van der Waals surface area contributed by atoms with Crippen LogP contribution in [0.1, 0.15) is 18.2 Å². The minimum Gasteiger partial charge on any atom is -0.462 e. The van der Waals surface area contributed by atoms with Crippen molar-refractivity contribution < 1.29 is 13.9 Å². The second-order valence-corrected chi connectivity index (χ2v) is 4.06. The van der Waals surface area contributed by atoms with Gasteiger partial charge in [-0.05, 0) is 26.0 Å². The van der Waals surface area contributed by atoms with Crippen LogP contribution in [0.25, 0.3) is 16.5 Å². The number of carbonyl (C=O) groups excluding carboxylic acids is 1. The molecule has 0 fully saturated rings. The van der Waals surface area contributed by atoms with Gasteiger partial charge in [0.25, 0.3) is 0 Å². The van der Waals surface area contributed by atoms with E-state index in [0.717, 1.165) is 0 Å². The van der Waals surface area contributed by atoms with Gasteiger partial charge in [0.05, 0.1) is 23.1 Å². The second kappa shape index (κ2) is 5.10. The molecule has 0 atom stereocenters. The maximum absolute atomic E-state index is 12.4. The van der Waals surface area contributed by atoms with E-state index in [-0.39, 0.29) is 23.2 Å². The summed E-state index contributed by atoms with van der Waals surface area (Å²) >= 11 is 0. The summed E-state index contributed by atoms with van der Waals surface area (Å²) in [6, 6.07) is 6.89. The standard InChI is InChI=1S/C15H14O4/c1-4-18-15(17)9(2)13-10(3)19-12-8-6-5-7-11(12)14(13)16/h5-8H,2,4H2,1,3H3. The Morgan fingerprint density at radius 2 is 2.05 bits per heavy atom. The summed E-state index contributed by atoms with van der Waals surface area (Å²) in [5.41, 5.74) is 0.429. The number of rotatable bonds is 3. The Labute approximate surface area is 110 Å². The first kappa shape index (κ1) is 13.1. The zero-order valence-corrected chi connectivity index (χ0v) is 10.9. The molecule has 0 spiro atoms. The zero-order valence-electron chi connectivity index (χ0n) is 10.9. The van der Waals surface area contributed by atoms with E-state index in [1.165, 1.54) is 0 Å². The maximum Gasteiger partial charge on any atom is 0.338 e. The number of fused-ring (bicyclic) bond motifs is 1. The van der Waals surface area contributed by atoms with Crippen molar-refractivity contribution in [3.63, 3.8) is 0 Å². The van der Waals surface area contributed by atoms with E-state index >= 15 is 0 Å². The number of esters is 1. The third kappa shape index (κ3) is 2.29. The normalized spacial score (nSPS) is 10.4. The van der Waals surface area contributed by atoms with Crippen molar-refractivity contribution in [3.05, 3.63) is 52.4 Å². The molecule has 1 aromatic heterocycles. The predicted molar refractivity (Wildman–Crippen MR) is 72.9 cm³/mol. The average Bonchev–Trinajstić information content (AvgIpc) is 2.38. The molecule has 0 aliphatic carbocycles. The largest absolute Gasteiger partial charge is 0.462 e. The lowest BCUT2D eigenvalue weighted by Crippen LogP contribution is -2.16. The van der Waals surface area contributed by atoms with Crippen LogP contribution in [0.4, 0.5) is 0 Å². The van der Waals surface area contributed by atoms with Crippen LogP contribution in [0.3, 0.4) is 0 Å². The lowest BCUT2D eigenvalue weighted by molar-refractivity contribution is -0.136. The number of carbonyl (C=O) groups is 1. The summed E-state index contributed by atoms with van der Waals surface area (Å²) in [7, 11) is 0. The Morgan fingerprint density at radius 3 is 2.74 bits per heavy atom. The van der Waals surface area contributed by atoms with Crippen molar-refractivity contribution in [2.24, 2.45) is 0 Å². The van der Waals surface area contributed by atoms with Gasteiger partial charge in [-0.25, -0.2) is 4.79 Å². The van der Waals surface area contributed by atoms with Gasteiger partial charge in [-0.3, -0.25) is 4.79 Å². The molecule has 0 saturated heterocycles. The lowest BCUT2D eigenvalue weighted by atomic mass is 10.0. The quantitative estimate of drug-likeness (QED) is 0.627. The first-order chi connectivity index (χ1) is 9.06. The second-order valence-electron chi connectivity index (χ2n) is 4.06. The molecule has 2 aromatic rings. The molecule has 0 bridgehead atoms. The van der Waals surface area contributed by atoms with Crippen LogP contribution < -0.4 is 5.43 Å². The van der Waals surface area contributed by atoms with Crippen LogP contribution in [0, 0.1) is 6.92 Å². The fourth-order valence-electron chi connectivity index (χ4n) is 1.92. The topological polar surface area (TPSA) is 56.5 Å². The zero-order chi connectivity index (χ0) is 14.0. The van der Waals surface area contributed by atoms with Crippen molar-refractivity contribution in [1.29, 1.82) is 0 Å². The van der Waals surface area contributed by atoms with Gasteiger partial charge in [0.1, 0.15) is 11.3 Å². The molecule has 1 aromatic carbocycles. The maximum atomic E-state index is 12.4. The first-order valence-electron chi connectivity index (χ1n) is 5.95. The molecule has 2 rings (SSSR count). The number of hydrogen-bond donors (Lipinski definition) is 0. The molecule has 4 nitrogen and oxygen atoms in total. The fourth-order valence-corrected chi connectivity index (χ4v) is 1.92. The smallest absolute Gasteiger partial charge is 0.338 e. The van der Waals surface area contributed by atoms with E-state index in [1.807, 2.05) is 0 Å². The van der Waals surface area contributed by atoms with Crippen LogP contribution in [0.15, 0.2) is 40.1 Å². The molecule has 4 heteroatoms. The van der Waals surface area contributed by atoms with Gasteiger partial charge in [-0.15, -0.1) is 0 Å². The summed E-state index contributed by atoms with van der Waals surface area (Å²) in [5.74, 6) is -0.241. The van der Waals surface area contributed by atoms with E-state index < -0.39 is 5.97 Å². The Hall–Kier alpha value is -2.36. The molecule has 0 aliphatic heterocycles. The highest BCUT2D eigenvalue weighted by Gasteiger charge is 2.19. The van der Waals surface area contributed by atoms with Gasteiger partial charge in [-0.1, -0.05) is 18.7 Å². The van der Waals surface area contributed by atoms with Crippen molar-refractivity contribution in [2.45, 2.75) is 13.8 Å². The van der Waals surface area contributed by atoms with Crippen LogP contribution in [-0.4, -0.2) is 12.6 Å². The Balaban J connectivity index is 2.64. The molecule has 0 unspecified atom stereocenters. The van der Waals surface area contributed by atoms with Gasteiger partial charge in [0.2, 0.25) is 5.43 Å². The highest BCUT2D eigenvalue weighted by molar-refractivity contribution is 6.16. The number of aryl methyl sites for hydroxylation is 1. The van der Waals surface area contributed by atoms with E-state index in [9.17, 15) is 9.59 Å². The summed E-state index contributed by atoms with van der Waals surface area (Å²) in [6.45, 7) is 7.20. The number of para-hydroxylation sites is 1. The molecule has 19 heavy (non-hydrogen) atoms. The molecule has 98 valence electrons. The SMILES string of the molecule is C=C(C(=O)OCC)c1c(C)oc2ccccc2c1=O. The Bertz CT molecular complexity index is 710. The van der Waals surface area contributed by atoms with E-state index in [0.29, 0.717) is 16.7 Å². The van der Waals surface area contributed by atoms with Gasteiger partial charge in [0.15, 0.2) is 0 Å². The van der Waals surface area contributed by atoms with Gasteiger partial charge in [-0.2, -0.15) is 0 Å². The molecule has 1 heterocycles. The summed E-state index contributed by atoms with van der Waals surface area (Å²) < 4.78 is 10.4. The summed E-state index contributed by atoms with van der Waals surface area (Å²) in [5, 5.41) is 0.425. The van der Waals surface area contributed by atoms with Gasteiger partial charge in [0, 0.05) is 0 Å². The van der Waals surface area contributed by atoms with E-state index in [4.69, 9.17) is 9.15 Å². The van der Waals surface area contributed by atoms with Gasteiger partial charge < -0.3 is 9.15 Å². The third-order valence-electron chi connectivity index (χ3n) is 2.80. The van der Waals surface area contributed by atoms with Crippen LogP contribution in [0.5, 0.6) is 0 Å². The molecule has 0 aliphatic rings. The Morgan fingerprint density at radius 1 is 1.37 bits per heavy atom. The first-order valence-corrected chi connectivity index (χ1v) is 5.95. The van der Waals surface area contributed by atoms with Crippen LogP contribution >= 0.6 is 0 Å². The molecule has 0 N–H and O–H groups in total. The van der Waals surface area contributed by atoms with Crippen molar-refractivity contribution in [2.75, 3.05) is 6.61 Å². The highest BCUT2D eigenvalue weighted by Crippen LogP contribution is 2.20. The molecular formula is C15H14O4. The average molecular weight is 258 g/mol. The molecular weight excluding hydrogens is 244 g/mol. The van der Waals surface area contributed by atoms with Gasteiger partial charge >= 0.3 is 5.97 Å². The fraction of sp³-hybridized carbons (Fsp3) is 0.200. The molecule has 0 saturated carbocycles. The van der Waals surface area contributed by atoms with Crippen molar-refractivity contribution >= 4 is 22.5 Å². The third-order valence-corrected chi connectivity index (χ3v) is 2.80. The molecule has 0 radical (unpaired) electrons. The van der Waals surface area contributed by atoms with Crippen LogP contribution in [0.2, 0.25) is 0 Å². The number of hydrogen-bond acceptors (Lipinski definition) is 4. The minimum atomic E-state index is -0.604. The monoisotopic (exact) mass is 258 g/mol. The molecule has 0 amide bonds. The van der Waals surface area contributed by atoms with E-state index in [1.54, 1.807) is 38.1 Å². The lowest BCUT2D eigenvalue weighted by Gasteiger charge is -2.08. The minimum absolute atomic E-state index is 0.0267. The number of ether oxygens (including phenoxy) is 1. The number of benzene rings is 1. The van der Waals surface area contributed by atoms with Crippen molar-refractivity contribution in [1.82, 2.24) is 0 Å². The van der Waals surface area contributed by atoms with E-state index in [2.05, 4.69) is 6.58 Å². The summed E-state index contributed by atoms with van der Waals surface area (Å²) in [6.07, 6.45) is 0.